The molecular formula is C29H44Br2NO3W-. The third kappa shape index (κ3) is 53.5. The first-order valence-electron chi connectivity index (χ1n) is 11.0. The zero-order valence-electron chi connectivity index (χ0n) is 23.1. The van der Waals surface area contributed by atoms with Gasteiger partial charge in [0.05, 0.1) is 11.6 Å². The van der Waals surface area contributed by atoms with Crippen LogP contribution in [0.4, 0.5) is 0 Å². The Morgan fingerprint density at radius 1 is 0.667 bits per heavy atom. The number of nitrogens with zero attached hydrogens (tertiary/aromatic N) is 1. The fourth-order valence-electron chi connectivity index (χ4n) is 1.34. The van der Waals surface area contributed by atoms with Crippen LogP contribution in [0.3, 0.4) is 0 Å². The SMILES string of the molecule is Brc1ccccc1.Brc1ccccc1.CC.CC.CC.CC(=O)O.CO.N#Cc1ccccc1.[CH3-].[W]. The molecule has 0 heterocycles. The van der Waals surface area contributed by atoms with E-state index in [0.29, 0.717) is 5.56 Å². The van der Waals surface area contributed by atoms with Crippen molar-refractivity contribution in [2.45, 2.75) is 48.5 Å². The molecule has 204 valence electrons. The molecule has 4 nitrogen and oxygen atoms in total. The van der Waals surface area contributed by atoms with Crippen LogP contribution in [-0.4, -0.2) is 23.3 Å². The maximum Gasteiger partial charge on any atom is 0.300 e. The summed E-state index contributed by atoms with van der Waals surface area (Å²) in [6, 6.07) is 31.1. The summed E-state index contributed by atoms with van der Waals surface area (Å²) < 4.78 is 2.27. The van der Waals surface area contributed by atoms with Gasteiger partial charge in [0.1, 0.15) is 0 Å². The minimum absolute atomic E-state index is 0. The Morgan fingerprint density at radius 3 is 0.972 bits per heavy atom. The zero-order valence-corrected chi connectivity index (χ0v) is 29.2. The van der Waals surface area contributed by atoms with Crippen molar-refractivity contribution in [3.05, 3.63) is 113 Å². The van der Waals surface area contributed by atoms with E-state index >= 15 is 0 Å². The molecule has 2 N–H and O–H groups in total. The van der Waals surface area contributed by atoms with Crippen LogP contribution in [0.2, 0.25) is 0 Å². The number of halogens is 2. The average molecular weight is 798 g/mol. The molecule has 36 heavy (non-hydrogen) atoms. The van der Waals surface area contributed by atoms with Crippen molar-refractivity contribution in [1.29, 1.82) is 5.26 Å². The predicted octanol–water partition coefficient (Wildman–Crippen LogP) is 9.68. The van der Waals surface area contributed by atoms with E-state index in [0.717, 1.165) is 23.0 Å². The Balaban J connectivity index is -0.0000000568. The topological polar surface area (TPSA) is 81.3 Å². The number of aliphatic hydroxyl groups excluding tert-OH is 1. The Labute approximate surface area is 252 Å². The van der Waals surface area contributed by atoms with Crippen LogP contribution >= 0.6 is 31.9 Å². The van der Waals surface area contributed by atoms with Crippen molar-refractivity contribution in [3.63, 3.8) is 0 Å². The maximum absolute atomic E-state index is 9.00. The number of hydrogen-bond donors (Lipinski definition) is 2. The minimum atomic E-state index is -0.833. The van der Waals surface area contributed by atoms with Gasteiger partial charge in [0.2, 0.25) is 0 Å². The van der Waals surface area contributed by atoms with Gasteiger partial charge in [0.15, 0.2) is 0 Å². The molecule has 3 aromatic rings. The summed E-state index contributed by atoms with van der Waals surface area (Å²) >= 11 is 6.62. The summed E-state index contributed by atoms with van der Waals surface area (Å²) in [6.45, 7) is 13.1. The van der Waals surface area contributed by atoms with E-state index in [1.54, 1.807) is 12.1 Å². The Hall–Kier alpha value is -1.77. The quantitative estimate of drug-likeness (QED) is 0.222. The van der Waals surface area contributed by atoms with Crippen molar-refractivity contribution in [1.82, 2.24) is 0 Å². The second-order valence-corrected chi connectivity index (χ2v) is 6.42. The van der Waals surface area contributed by atoms with Crippen molar-refractivity contribution < 1.29 is 36.1 Å². The van der Waals surface area contributed by atoms with E-state index in [4.69, 9.17) is 20.3 Å². The van der Waals surface area contributed by atoms with E-state index in [1.807, 2.05) is 126 Å². The third-order valence-electron chi connectivity index (χ3n) is 2.37. The Kier molecular flexibility index (Phi) is 71.0. The molecule has 0 aliphatic heterocycles. The predicted molar refractivity (Wildman–Crippen MR) is 161 cm³/mol. The molecule has 3 aromatic carbocycles. The van der Waals surface area contributed by atoms with Crippen molar-refractivity contribution in [2.24, 2.45) is 0 Å². The molecule has 0 fully saturated rings. The summed E-state index contributed by atoms with van der Waals surface area (Å²) in [7, 11) is 1.00. The summed E-state index contributed by atoms with van der Waals surface area (Å²) in [5, 5.41) is 22.7. The summed E-state index contributed by atoms with van der Waals surface area (Å²) in [4.78, 5) is 9.00. The number of hydrogen-bond acceptors (Lipinski definition) is 3. The molecule has 0 spiro atoms. The molecule has 0 saturated carbocycles. The Morgan fingerprint density at radius 2 is 0.861 bits per heavy atom. The smallest absolute Gasteiger partial charge is 0.300 e. The summed E-state index contributed by atoms with van der Waals surface area (Å²) in [5.74, 6) is -0.833. The number of carboxylic acid groups (broad SMARTS) is 1. The van der Waals surface area contributed by atoms with E-state index in [2.05, 4.69) is 31.9 Å². The van der Waals surface area contributed by atoms with Gasteiger partial charge in [-0.15, -0.1) is 0 Å². The second-order valence-electron chi connectivity index (χ2n) is 4.59. The number of carboxylic acids is 1. The van der Waals surface area contributed by atoms with Crippen LogP contribution in [-0.2, 0) is 25.9 Å². The fraction of sp³-hybridized carbons (Fsp3) is 0.276. The molecule has 0 aliphatic carbocycles. The van der Waals surface area contributed by atoms with Crippen molar-refractivity contribution >= 4 is 37.8 Å². The first-order chi connectivity index (χ1) is 16.5. The molecular weight excluding hydrogens is 754 g/mol. The fourth-order valence-corrected chi connectivity index (χ4v) is 1.95. The first-order valence-corrected chi connectivity index (χ1v) is 12.5. The van der Waals surface area contributed by atoms with Gasteiger partial charge < -0.3 is 17.6 Å². The van der Waals surface area contributed by atoms with Crippen molar-refractivity contribution in [2.75, 3.05) is 7.11 Å². The van der Waals surface area contributed by atoms with E-state index in [9.17, 15) is 0 Å². The van der Waals surface area contributed by atoms with Crippen LogP contribution in [0.15, 0.2) is 99.9 Å². The van der Waals surface area contributed by atoms with Gasteiger partial charge >= 0.3 is 0 Å². The van der Waals surface area contributed by atoms with Crippen LogP contribution < -0.4 is 0 Å². The largest absolute Gasteiger partial charge is 0.481 e. The number of benzene rings is 3. The maximum atomic E-state index is 9.00. The Bertz CT molecular complexity index is 729. The molecule has 3 rings (SSSR count). The normalized spacial score (nSPS) is 6.50. The van der Waals surface area contributed by atoms with E-state index in [-0.39, 0.29) is 28.5 Å². The van der Waals surface area contributed by atoms with Gasteiger partial charge in [-0.25, -0.2) is 0 Å². The molecule has 7 heteroatoms. The first kappa shape index (κ1) is 51.0. The van der Waals surface area contributed by atoms with Crippen LogP contribution in [0, 0.1) is 18.8 Å². The molecule has 0 unspecified atom stereocenters. The van der Waals surface area contributed by atoms with Gasteiger partial charge in [-0.2, -0.15) is 5.26 Å². The number of nitriles is 1. The van der Waals surface area contributed by atoms with Gasteiger partial charge in [0.25, 0.3) is 5.97 Å². The summed E-state index contributed by atoms with van der Waals surface area (Å²) in [5.41, 5.74) is 0.715. The monoisotopic (exact) mass is 796 g/mol. The second kappa shape index (κ2) is 50.2. The van der Waals surface area contributed by atoms with Gasteiger partial charge in [-0.1, -0.05) is 128 Å². The van der Waals surface area contributed by atoms with Gasteiger partial charge in [-0.05, 0) is 36.4 Å². The molecule has 0 amide bonds. The van der Waals surface area contributed by atoms with E-state index in [1.165, 1.54) is 0 Å². The standard InChI is InChI=1S/C7H5N.2C6H5Br.C2H4O2.3C2H6.CH4O.CH3.W/c8-6-7-4-2-1-3-5-7;2*7-6-4-2-1-3-5-6;1-2(3)4;4*1-2;;/h1-5H;2*1-5H;1H3,(H,3,4);3*1-2H3;2H,1H3;1H3;/q;;;;;;;;-1;. The average Bonchev–Trinajstić information content (AvgIpc) is 2.91. The van der Waals surface area contributed by atoms with Crippen LogP contribution in [0.25, 0.3) is 0 Å². The molecule has 0 aliphatic rings. The minimum Gasteiger partial charge on any atom is -0.481 e. The number of aliphatic hydroxyl groups is 1. The van der Waals surface area contributed by atoms with E-state index < -0.39 is 5.97 Å². The molecule has 0 aromatic heterocycles. The van der Waals surface area contributed by atoms with Gasteiger partial charge in [0, 0.05) is 44.0 Å². The summed E-state index contributed by atoms with van der Waals surface area (Å²) in [6.07, 6.45) is 0. The molecule has 0 bridgehead atoms. The molecule has 0 radical (unpaired) electrons. The van der Waals surface area contributed by atoms with Crippen LogP contribution in [0.1, 0.15) is 54.0 Å². The van der Waals surface area contributed by atoms with Crippen molar-refractivity contribution in [3.8, 4) is 6.07 Å². The zero-order chi connectivity index (χ0) is 27.6. The third-order valence-corrected chi connectivity index (χ3v) is 3.43. The number of aliphatic carboxylic acids is 1. The number of rotatable bonds is 0. The van der Waals surface area contributed by atoms with Crippen LogP contribution in [0.5, 0.6) is 0 Å². The molecule has 0 atom stereocenters. The van der Waals surface area contributed by atoms with Gasteiger partial charge in [-0.3, -0.25) is 4.79 Å². The molecule has 0 saturated heterocycles. The number of carbonyl (C=O) groups is 1.